The van der Waals surface area contributed by atoms with E-state index in [9.17, 15) is 9.59 Å². The molecule has 26 heavy (non-hydrogen) atoms. The van der Waals surface area contributed by atoms with Gasteiger partial charge < -0.3 is 10.2 Å². The second-order valence-corrected chi connectivity index (χ2v) is 7.93. The largest absolute Gasteiger partial charge is 0.357 e. The fourth-order valence-electron chi connectivity index (χ4n) is 2.49. The Kier molecular flexibility index (Phi) is 8.19. The molecule has 0 aliphatic carbocycles. The molecule has 2 amide bonds. The van der Waals surface area contributed by atoms with Crippen LogP contribution in [0.3, 0.4) is 0 Å². The van der Waals surface area contributed by atoms with Crippen molar-refractivity contribution in [3.8, 4) is 0 Å². The van der Waals surface area contributed by atoms with Gasteiger partial charge in [0.15, 0.2) is 0 Å². The second kappa shape index (κ2) is 10.4. The Bertz CT molecular complexity index is 722. The maximum atomic E-state index is 12.8. The molecule has 0 bridgehead atoms. The van der Waals surface area contributed by atoms with Crippen molar-refractivity contribution in [2.45, 2.75) is 30.8 Å². The van der Waals surface area contributed by atoms with Gasteiger partial charge in [-0.15, -0.1) is 11.8 Å². The van der Waals surface area contributed by atoms with Crippen LogP contribution >= 0.6 is 27.7 Å². The summed E-state index contributed by atoms with van der Waals surface area (Å²) in [4.78, 5) is 27.7. The summed E-state index contributed by atoms with van der Waals surface area (Å²) >= 11 is 5.06. The predicted octanol–water partition coefficient (Wildman–Crippen LogP) is 4.09. The van der Waals surface area contributed by atoms with Gasteiger partial charge >= 0.3 is 0 Å². The molecule has 0 radical (unpaired) electrons. The molecule has 138 valence electrons. The molecule has 2 rings (SSSR count). The van der Waals surface area contributed by atoms with Gasteiger partial charge in [-0.1, -0.05) is 46.3 Å². The first-order chi connectivity index (χ1) is 12.5. The lowest BCUT2D eigenvalue weighted by atomic mass is 10.1. The normalized spacial score (nSPS) is 11.7. The van der Waals surface area contributed by atoms with Crippen LogP contribution < -0.4 is 5.32 Å². The van der Waals surface area contributed by atoms with Gasteiger partial charge in [-0.2, -0.15) is 0 Å². The molecule has 4 nitrogen and oxygen atoms in total. The molecular formula is C20H23BrN2O2S. The van der Waals surface area contributed by atoms with Crippen LogP contribution in [-0.2, 0) is 16.1 Å². The highest BCUT2D eigenvalue weighted by Gasteiger charge is 2.25. The van der Waals surface area contributed by atoms with E-state index >= 15 is 0 Å². The zero-order valence-corrected chi connectivity index (χ0v) is 17.3. The lowest BCUT2D eigenvalue weighted by Gasteiger charge is -2.28. The van der Waals surface area contributed by atoms with Crippen LogP contribution in [0.2, 0.25) is 0 Å². The first-order valence-corrected chi connectivity index (χ1v) is 10.2. The minimum Gasteiger partial charge on any atom is -0.357 e. The van der Waals surface area contributed by atoms with E-state index in [2.05, 4.69) is 21.2 Å². The summed E-state index contributed by atoms with van der Waals surface area (Å²) in [7, 11) is 1.59. The summed E-state index contributed by atoms with van der Waals surface area (Å²) in [6.45, 7) is 2.18. The number of nitrogens with zero attached hydrogens (tertiary/aromatic N) is 1. The Morgan fingerprint density at radius 3 is 2.38 bits per heavy atom. The molecular weight excluding hydrogens is 412 g/mol. The van der Waals surface area contributed by atoms with Crippen molar-refractivity contribution >= 4 is 39.5 Å². The molecule has 2 aromatic carbocycles. The van der Waals surface area contributed by atoms with Gasteiger partial charge in [0.25, 0.3) is 0 Å². The van der Waals surface area contributed by atoms with E-state index in [0.29, 0.717) is 18.7 Å². The number of carbonyl (C=O) groups excluding carboxylic acids is 2. The molecule has 0 aliphatic heterocycles. The third kappa shape index (κ3) is 6.18. The van der Waals surface area contributed by atoms with E-state index in [1.165, 1.54) is 0 Å². The smallest absolute Gasteiger partial charge is 0.242 e. The van der Waals surface area contributed by atoms with Crippen molar-refractivity contribution < 1.29 is 9.59 Å². The number of hydrogen-bond donors (Lipinski definition) is 1. The summed E-state index contributed by atoms with van der Waals surface area (Å²) in [5, 5.41) is 2.63. The maximum Gasteiger partial charge on any atom is 0.242 e. The number of thioether (sulfide) groups is 1. The van der Waals surface area contributed by atoms with E-state index in [1.807, 2.05) is 54.6 Å². The highest BCUT2D eigenvalue weighted by Crippen LogP contribution is 2.20. The van der Waals surface area contributed by atoms with Crippen molar-refractivity contribution in [1.82, 2.24) is 10.2 Å². The van der Waals surface area contributed by atoms with E-state index < -0.39 is 6.04 Å². The van der Waals surface area contributed by atoms with Gasteiger partial charge in [0.1, 0.15) is 6.04 Å². The summed E-state index contributed by atoms with van der Waals surface area (Å²) in [6, 6.07) is 17.3. The standard InChI is InChI=1S/C20H23BrN2O2S/c1-15(20(25)22-2)23(14-16-8-10-17(21)11-9-16)19(24)12-13-26-18-6-4-3-5-7-18/h3-11,15H,12-14H2,1-2H3,(H,22,25). The Morgan fingerprint density at radius 1 is 1.12 bits per heavy atom. The fraction of sp³-hybridized carbons (Fsp3) is 0.300. The first-order valence-electron chi connectivity index (χ1n) is 8.44. The number of rotatable bonds is 8. The summed E-state index contributed by atoms with van der Waals surface area (Å²) in [5.74, 6) is 0.499. The molecule has 0 saturated heterocycles. The summed E-state index contributed by atoms with van der Waals surface area (Å²) < 4.78 is 0.984. The van der Waals surface area contributed by atoms with Crippen molar-refractivity contribution in [1.29, 1.82) is 0 Å². The van der Waals surface area contributed by atoms with Gasteiger partial charge in [-0.05, 0) is 36.8 Å². The Labute approximate surface area is 167 Å². The molecule has 1 unspecified atom stereocenters. The third-order valence-corrected chi connectivity index (χ3v) is 5.55. The van der Waals surface area contributed by atoms with Crippen LogP contribution in [0.4, 0.5) is 0 Å². The Balaban J connectivity index is 2.02. The minimum atomic E-state index is -0.516. The number of carbonyl (C=O) groups is 2. The molecule has 0 aromatic heterocycles. The van der Waals surface area contributed by atoms with Gasteiger partial charge in [0.05, 0.1) is 0 Å². The Morgan fingerprint density at radius 2 is 1.77 bits per heavy atom. The number of amides is 2. The minimum absolute atomic E-state index is 0.0209. The monoisotopic (exact) mass is 434 g/mol. The van der Waals surface area contributed by atoms with Crippen molar-refractivity contribution in [3.63, 3.8) is 0 Å². The van der Waals surface area contributed by atoms with Crippen LogP contribution in [-0.4, -0.2) is 35.6 Å². The number of likely N-dealkylation sites (N-methyl/N-ethyl adjacent to an activating group) is 1. The van der Waals surface area contributed by atoms with E-state index in [-0.39, 0.29) is 11.8 Å². The molecule has 1 N–H and O–H groups in total. The molecule has 2 aromatic rings. The molecule has 0 aliphatic rings. The highest BCUT2D eigenvalue weighted by molar-refractivity contribution is 9.10. The van der Waals surface area contributed by atoms with Crippen molar-refractivity contribution in [3.05, 3.63) is 64.6 Å². The van der Waals surface area contributed by atoms with Crippen LogP contribution in [0, 0.1) is 0 Å². The second-order valence-electron chi connectivity index (χ2n) is 5.85. The fourth-order valence-corrected chi connectivity index (χ4v) is 3.62. The molecule has 0 fully saturated rings. The van der Waals surface area contributed by atoms with E-state index in [1.54, 1.807) is 30.6 Å². The maximum absolute atomic E-state index is 12.8. The molecule has 6 heteroatoms. The topological polar surface area (TPSA) is 49.4 Å². The quantitative estimate of drug-likeness (QED) is 0.636. The summed E-state index contributed by atoms with van der Waals surface area (Å²) in [5.41, 5.74) is 0.994. The van der Waals surface area contributed by atoms with Gasteiger partial charge in [0, 0.05) is 35.1 Å². The highest BCUT2D eigenvalue weighted by atomic mass is 79.9. The number of nitrogens with one attached hydrogen (secondary N) is 1. The lowest BCUT2D eigenvalue weighted by molar-refractivity contribution is -0.140. The molecule has 1 atom stereocenters. The molecule has 0 saturated carbocycles. The first kappa shape index (κ1) is 20.5. The zero-order valence-electron chi connectivity index (χ0n) is 14.9. The van der Waals surface area contributed by atoms with Crippen LogP contribution in [0.5, 0.6) is 0 Å². The predicted molar refractivity (Wildman–Crippen MR) is 110 cm³/mol. The zero-order chi connectivity index (χ0) is 18.9. The molecule has 0 heterocycles. The van der Waals surface area contributed by atoms with E-state index in [4.69, 9.17) is 0 Å². The molecule has 0 spiro atoms. The van der Waals surface area contributed by atoms with Gasteiger partial charge in [-0.3, -0.25) is 9.59 Å². The average molecular weight is 435 g/mol. The van der Waals surface area contributed by atoms with Crippen LogP contribution in [0.25, 0.3) is 0 Å². The van der Waals surface area contributed by atoms with Crippen LogP contribution in [0.15, 0.2) is 64.0 Å². The summed E-state index contributed by atoms with van der Waals surface area (Å²) in [6.07, 6.45) is 0.386. The number of hydrogen-bond acceptors (Lipinski definition) is 3. The SMILES string of the molecule is CNC(=O)C(C)N(Cc1ccc(Br)cc1)C(=O)CCSc1ccccc1. The third-order valence-electron chi connectivity index (χ3n) is 4.01. The average Bonchev–Trinajstić information content (AvgIpc) is 2.67. The number of benzene rings is 2. The Hall–Kier alpha value is -1.79. The van der Waals surface area contributed by atoms with Gasteiger partial charge in [0.2, 0.25) is 11.8 Å². The van der Waals surface area contributed by atoms with E-state index in [0.717, 1.165) is 14.9 Å². The van der Waals surface area contributed by atoms with Crippen molar-refractivity contribution in [2.24, 2.45) is 0 Å². The number of halogens is 1. The van der Waals surface area contributed by atoms with Crippen molar-refractivity contribution in [2.75, 3.05) is 12.8 Å². The lowest BCUT2D eigenvalue weighted by Crippen LogP contribution is -2.46. The van der Waals surface area contributed by atoms with Gasteiger partial charge in [-0.25, -0.2) is 0 Å². The van der Waals surface area contributed by atoms with Crippen LogP contribution in [0.1, 0.15) is 18.9 Å².